The fraction of sp³-hybridized carbons (Fsp3) is 0.971. The van der Waals surface area contributed by atoms with Crippen LogP contribution in [0.5, 0.6) is 0 Å². The van der Waals surface area contributed by atoms with Crippen molar-refractivity contribution in [2.75, 3.05) is 6.61 Å². The monoisotopic (exact) mass is 540 g/mol. The van der Waals surface area contributed by atoms with Gasteiger partial charge >= 0.3 is 0 Å². The number of aliphatic hydroxyl groups excluding tert-OH is 2. The lowest BCUT2D eigenvalue weighted by molar-refractivity contribution is -0.123. The van der Waals surface area contributed by atoms with Gasteiger partial charge in [0.15, 0.2) is 0 Å². The van der Waals surface area contributed by atoms with E-state index in [1.54, 1.807) is 0 Å². The van der Waals surface area contributed by atoms with Crippen LogP contribution in [0.2, 0.25) is 0 Å². The maximum atomic E-state index is 12.2. The smallest absolute Gasteiger partial charge is 0.220 e. The van der Waals surface area contributed by atoms with Crippen molar-refractivity contribution in [1.29, 1.82) is 0 Å². The van der Waals surface area contributed by atoms with Crippen molar-refractivity contribution >= 4 is 5.91 Å². The normalized spacial score (nSPS) is 13.1. The van der Waals surface area contributed by atoms with Crippen molar-refractivity contribution in [1.82, 2.24) is 5.32 Å². The highest BCUT2D eigenvalue weighted by atomic mass is 16.3. The van der Waals surface area contributed by atoms with Crippen LogP contribution in [0.25, 0.3) is 0 Å². The average molecular weight is 540 g/mol. The van der Waals surface area contributed by atoms with E-state index in [-0.39, 0.29) is 12.5 Å². The highest BCUT2D eigenvalue weighted by Gasteiger charge is 2.19. The van der Waals surface area contributed by atoms with Crippen LogP contribution in [-0.2, 0) is 4.79 Å². The molecular formula is C34H69NO3. The van der Waals surface area contributed by atoms with Gasteiger partial charge in [0.05, 0.1) is 18.8 Å². The van der Waals surface area contributed by atoms with Crippen LogP contribution in [0, 0.1) is 0 Å². The Hall–Kier alpha value is -0.610. The van der Waals surface area contributed by atoms with Crippen LogP contribution in [0.1, 0.15) is 194 Å². The number of hydrogen-bond acceptors (Lipinski definition) is 3. The van der Waals surface area contributed by atoms with Crippen molar-refractivity contribution in [3.8, 4) is 0 Å². The first kappa shape index (κ1) is 37.4. The molecule has 0 aromatic heterocycles. The fourth-order valence-electron chi connectivity index (χ4n) is 5.42. The van der Waals surface area contributed by atoms with Gasteiger partial charge in [-0.05, 0) is 12.8 Å². The van der Waals surface area contributed by atoms with Crippen LogP contribution in [0.15, 0.2) is 0 Å². The van der Waals surface area contributed by atoms with E-state index < -0.39 is 12.1 Å². The Morgan fingerprint density at radius 1 is 0.526 bits per heavy atom. The summed E-state index contributed by atoms with van der Waals surface area (Å²) in [4.78, 5) is 12.2. The highest BCUT2D eigenvalue weighted by Crippen LogP contribution is 2.15. The summed E-state index contributed by atoms with van der Waals surface area (Å²) < 4.78 is 0. The first-order chi connectivity index (χ1) is 18.7. The van der Waals surface area contributed by atoms with Gasteiger partial charge in [-0.2, -0.15) is 0 Å². The number of carbonyl (C=O) groups excluding carboxylic acids is 1. The van der Waals surface area contributed by atoms with E-state index in [0.717, 1.165) is 25.7 Å². The number of aliphatic hydroxyl groups is 2. The zero-order valence-corrected chi connectivity index (χ0v) is 26.0. The molecule has 0 aliphatic heterocycles. The van der Waals surface area contributed by atoms with E-state index in [1.807, 2.05) is 0 Å². The molecule has 2 atom stereocenters. The molecule has 38 heavy (non-hydrogen) atoms. The molecule has 0 aromatic carbocycles. The Kier molecular flexibility index (Phi) is 30.4. The third kappa shape index (κ3) is 27.0. The summed E-state index contributed by atoms with van der Waals surface area (Å²) in [6.07, 6.45) is 34.4. The topological polar surface area (TPSA) is 69.6 Å². The molecule has 0 heterocycles. The third-order valence-electron chi connectivity index (χ3n) is 8.12. The summed E-state index contributed by atoms with van der Waals surface area (Å²) in [5, 5.41) is 22.9. The molecule has 0 bridgehead atoms. The van der Waals surface area contributed by atoms with Crippen molar-refractivity contribution < 1.29 is 15.0 Å². The van der Waals surface area contributed by atoms with Gasteiger partial charge < -0.3 is 15.5 Å². The average Bonchev–Trinajstić information content (AvgIpc) is 2.92. The Bertz CT molecular complexity index is 471. The van der Waals surface area contributed by atoms with Gasteiger partial charge in [0.25, 0.3) is 0 Å². The van der Waals surface area contributed by atoms with Crippen LogP contribution < -0.4 is 5.32 Å². The van der Waals surface area contributed by atoms with Crippen molar-refractivity contribution in [2.24, 2.45) is 0 Å². The summed E-state index contributed by atoms with van der Waals surface area (Å²) in [6, 6.07) is -0.526. The highest BCUT2D eigenvalue weighted by molar-refractivity contribution is 5.76. The molecule has 0 saturated heterocycles. The number of rotatable bonds is 31. The number of nitrogens with one attached hydrogen (secondary N) is 1. The van der Waals surface area contributed by atoms with Gasteiger partial charge in [0.2, 0.25) is 5.91 Å². The maximum absolute atomic E-state index is 12.2. The fourth-order valence-corrected chi connectivity index (χ4v) is 5.42. The summed E-state index contributed by atoms with van der Waals surface area (Å²) >= 11 is 0. The van der Waals surface area contributed by atoms with Gasteiger partial charge in [-0.15, -0.1) is 0 Å². The Morgan fingerprint density at radius 3 is 1.18 bits per heavy atom. The minimum atomic E-state index is -0.649. The second-order valence-corrected chi connectivity index (χ2v) is 11.9. The summed E-state index contributed by atoms with van der Waals surface area (Å²) in [5.74, 6) is -0.0353. The SMILES string of the molecule is CCCCCCCCCCCCCCCCCCCCC(O)C(CO)NC(=O)CCCCCCCCCC. The largest absolute Gasteiger partial charge is 0.394 e. The Balaban J connectivity index is 3.49. The zero-order valence-electron chi connectivity index (χ0n) is 26.0. The molecule has 4 heteroatoms. The van der Waals surface area contributed by atoms with Crippen molar-refractivity contribution in [3.05, 3.63) is 0 Å². The van der Waals surface area contributed by atoms with Gasteiger partial charge in [-0.1, -0.05) is 174 Å². The van der Waals surface area contributed by atoms with Crippen LogP contribution in [0.3, 0.4) is 0 Å². The molecule has 0 aliphatic carbocycles. The predicted octanol–water partition coefficient (Wildman–Crippen LogP) is 9.79. The van der Waals surface area contributed by atoms with Gasteiger partial charge in [-0.25, -0.2) is 0 Å². The molecule has 0 aliphatic rings. The summed E-state index contributed by atoms with van der Waals surface area (Å²) in [7, 11) is 0. The number of carbonyl (C=O) groups is 1. The molecule has 0 spiro atoms. The molecule has 4 nitrogen and oxygen atoms in total. The van der Waals surface area contributed by atoms with E-state index in [4.69, 9.17) is 0 Å². The van der Waals surface area contributed by atoms with Crippen LogP contribution >= 0.6 is 0 Å². The summed E-state index contributed by atoms with van der Waals surface area (Å²) in [6.45, 7) is 4.33. The number of amides is 1. The molecule has 228 valence electrons. The quantitative estimate of drug-likeness (QED) is 0.0768. The van der Waals surface area contributed by atoms with Gasteiger partial charge in [-0.3, -0.25) is 4.79 Å². The molecule has 3 N–H and O–H groups in total. The molecule has 0 radical (unpaired) electrons. The molecule has 2 unspecified atom stereocenters. The molecular weight excluding hydrogens is 470 g/mol. The van der Waals surface area contributed by atoms with E-state index in [2.05, 4.69) is 19.2 Å². The Labute approximate surface area is 238 Å². The molecule has 1 amide bonds. The van der Waals surface area contributed by atoms with Crippen LogP contribution in [0.4, 0.5) is 0 Å². The van der Waals surface area contributed by atoms with E-state index in [9.17, 15) is 15.0 Å². The van der Waals surface area contributed by atoms with E-state index in [0.29, 0.717) is 12.8 Å². The minimum Gasteiger partial charge on any atom is -0.394 e. The van der Waals surface area contributed by atoms with Gasteiger partial charge in [0.1, 0.15) is 0 Å². The van der Waals surface area contributed by atoms with Crippen molar-refractivity contribution in [3.63, 3.8) is 0 Å². The first-order valence-corrected chi connectivity index (χ1v) is 17.2. The van der Waals surface area contributed by atoms with E-state index in [1.165, 1.54) is 141 Å². The second kappa shape index (κ2) is 30.9. The molecule has 0 rings (SSSR count). The lowest BCUT2D eigenvalue weighted by atomic mass is 10.0. The second-order valence-electron chi connectivity index (χ2n) is 11.9. The third-order valence-corrected chi connectivity index (χ3v) is 8.12. The first-order valence-electron chi connectivity index (χ1n) is 17.2. The van der Waals surface area contributed by atoms with Gasteiger partial charge in [0, 0.05) is 6.42 Å². The van der Waals surface area contributed by atoms with E-state index >= 15 is 0 Å². The number of unbranched alkanes of at least 4 members (excludes halogenated alkanes) is 24. The zero-order chi connectivity index (χ0) is 27.9. The molecule has 0 aromatic rings. The predicted molar refractivity (Wildman–Crippen MR) is 166 cm³/mol. The van der Waals surface area contributed by atoms with Crippen molar-refractivity contribution in [2.45, 2.75) is 206 Å². The number of hydrogen-bond donors (Lipinski definition) is 3. The standard InChI is InChI=1S/C34H69NO3/c1-3-5-7-9-11-13-14-15-16-17-18-19-20-21-22-23-25-27-29-33(37)32(31-36)35-34(38)30-28-26-24-12-10-8-6-4-2/h32-33,36-37H,3-31H2,1-2H3,(H,35,38). The maximum Gasteiger partial charge on any atom is 0.220 e. The van der Waals surface area contributed by atoms with Crippen LogP contribution in [-0.4, -0.2) is 34.9 Å². The molecule has 0 fully saturated rings. The lowest BCUT2D eigenvalue weighted by Gasteiger charge is -2.22. The summed E-state index contributed by atoms with van der Waals surface area (Å²) in [5.41, 5.74) is 0. The lowest BCUT2D eigenvalue weighted by Crippen LogP contribution is -2.45. The Morgan fingerprint density at radius 2 is 0.842 bits per heavy atom. The molecule has 0 saturated carbocycles. The minimum absolute atomic E-state index is 0.0353.